The van der Waals surface area contributed by atoms with Crippen LogP contribution in [0.4, 0.5) is 98.2 Å². The second-order valence-corrected chi connectivity index (χ2v) is 29.0. The molecule has 528 valence electrons. The number of alkyl halides is 15. The maximum absolute atomic E-state index is 13.3. The number of rotatable bonds is 13. The number of likely N-dealkylation sites (N-methyl/N-ethyl adjacent to an activating group) is 1. The van der Waals surface area contributed by atoms with Crippen LogP contribution in [-0.2, 0) is 24.7 Å². The first kappa shape index (κ1) is 78.2. The molecule has 8 aromatic rings. The molecular formula is C72H76BrCl2F12N7S4. The van der Waals surface area contributed by atoms with Gasteiger partial charge in [-0.25, -0.2) is 0 Å². The van der Waals surface area contributed by atoms with E-state index in [4.69, 9.17) is 23.2 Å². The first-order chi connectivity index (χ1) is 46.2. The molecule has 98 heavy (non-hydrogen) atoms. The molecule has 0 bridgehead atoms. The van der Waals surface area contributed by atoms with E-state index in [1.807, 2.05) is 121 Å². The lowest BCUT2D eigenvalue weighted by Gasteiger charge is -2.35. The van der Waals surface area contributed by atoms with Crippen molar-refractivity contribution in [3.8, 4) is 0 Å². The van der Waals surface area contributed by atoms with Crippen LogP contribution in [0.1, 0.15) is 56.8 Å². The fourth-order valence-corrected chi connectivity index (χ4v) is 15.9. The second kappa shape index (κ2) is 35.4. The van der Waals surface area contributed by atoms with Crippen molar-refractivity contribution in [2.75, 3.05) is 117 Å². The molecule has 0 atom stereocenters. The van der Waals surface area contributed by atoms with Gasteiger partial charge in [0.25, 0.3) is 0 Å². The zero-order valence-electron chi connectivity index (χ0n) is 53.0. The highest BCUT2D eigenvalue weighted by molar-refractivity contribution is 9.09. The lowest BCUT2D eigenvalue weighted by molar-refractivity contribution is -0.138. The summed E-state index contributed by atoms with van der Waals surface area (Å²) in [6, 6.07) is 46.9. The third-order valence-electron chi connectivity index (χ3n) is 15.8. The molecule has 0 aliphatic carbocycles. The van der Waals surface area contributed by atoms with Crippen molar-refractivity contribution in [1.82, 2.24) is 14.7 Å². The van der Waals surface area contributed by atoms with E-state index in [0.29, 0.717) is 54.7 Å². The third-order valence-corrected chi connectivity index (χ3v) is 21.4. The standard InChI is InChI=1S/C21H24F3N3S.C18H19F3N2S.C16H13ClF3NS.C13H8F3NS.C3H6BrCl.CH4.H2/c1-25-11-13-26(14-12-25)9-4-10-27-17-5-2-3-6-19(17)28-20-8-7-16(15-18(20)27)21(22,23)24;1-22(2)10-5-11-23-14-6-3-4-7-16(14)24-17-9-8-13(12-15(17)23)18(19,20)21;17-8-3-9-21-12-4-1-2-5-14(12)22-15-7-6-11(10-13(15)21)16(18,19)20;14-13(15,16)8-5-6-12-10(7-8)17-9-3-1-2-4-11(9)18-12;4-2-1-3-5;;/h2-3,5-8,15H,4,9-14H2,1H3;3-4,6-9,12H,5,10-11H2,1-2H3;1-2,4-7,10H,3,8-9H2;1-7,17H;1-3H2;1H4;1H/i;;;;;;1+1. The number of hydrogen-bond acceptors (Lipinski definition) is 11. The highest BCUT2D eigenvalue weighted by Gasteiger charge is 2.37. The molecule has 0 saturated carbocycles. The van der Waals surface area contributed by atoms with Crippen LogP contribution in [0, 0.1) is 0 Å². The molecule has 0 spiro atoms. The van der Waals surface area contributed by atoms with E-state index in [2.05, 4.69) is 47.9 Å². The number of fused-ring (bicyclic) bond motifs is 8. The van der Waals surface area contributed by atoms with Gasteiger partial charge >= 0.3 is 24.7 Å². The molecule has 5 aliphatic rings. The van der Waals surface area contributed by atoms with Gasteiger partial charge in [0, 0.05) is 103 Å². The minimum atomic E-state index is -4.34. The van der Waals surface area contributed by atoms with E-state index < -0.39 is 47.0 Å². The summed E-state index contributed by atoms with van der Waals surface area (Å²) in [5.41, 5.74) is 3.73. The molecule has 5 aliphatic heterocycles. The first-order valence-corrected chi connectivity index (χ1v) is 36.4. The minimum Gasteiger partial charge on any atom is -0.354 e. The summed E-state index contributed by atoms with van der Waals surface area (Å²) in [6.07, 6.45) is -13.7. The van der Waals surface area contributed by atoms with Gasteiger partial charge in [0.1, 0.15) is 0 Å². The van der Waals surface area contributed by atoms with Gasteiger partial charge in [-0.2, -0.15) is 52.7 Å². The van der Waals surface area contributed by atoms with Crippen molar-refractivity contribution < 1.29 is 54.1 Å². The summed E-state index contributed by atoms with van der Waals surface area (Å²) in [5, 5.41) is 4.06. The van der Waals surface area contributed by atoms with Gasteiger partial charge in [-0.15, -0.1) is 23.2 Å². The maximum Gasteiger partial charge on any atom is 0.416 e. The number of para-hydroxylation sites is 4. The highest BCUT2D eigenvalue weighted by atomic mass is 79.9. The van der Waals surface area contributed by atoms with Crippen molar-refractivity contribution in [3.63, 3.8) is 0 Å². The van der Waals surface area contributed by atoms with Gasteiger partial charge < -0.3 is 34.7 Å². The number of hydrogen-bond donors (Lipinski definition) is 1. The highest BCUT2D eigenvalue weighted by Crippen LogP contribution is 2.53. The van der Waals surface area contributed by atoms with Crippen LogP contribution >= 0.6 is 86.2 Å². The minimum absolute atomic E-state index is 0. The summed E-state index contributed by atoms with van der Waals surface area (Å²) in [7, 11) is 6.13. The molecule has 7 nitrogen and oxygen atoms in total. The molecule has 1 saturated heterocycles. The van der Waals surface area contributed by atoms with Crippen molar-refractivity contribution in [2.45, 2.75) is 97.0 Å². The number of piperazine rings is 1. The van der Waals surface area contributed by atoms with Crippen molar-refractivity contribution in [1.29, 1.82) is 0 Å². The molecule has 5 heterocycles. The Balaban J connectivity index is 0.000000182. The predicted molar refractivity (Wildman–Crippen MR) is 387 cm³/mol. The fraction of sp³-hybridized carbons (Fsp3) is 0.333. The number of halogens is 15. The van der Waals surface area contributed by atoms with Crippen LogP contribution in [0.3, 0.4) is 0 Å². The van der Waals surface area contributed by atoms with E-state index in [-0.39, 0.29) is 8.85 Å². The topological polar surface area (TPSA) is 31.5 Å². The lowest BCUT2D eigenvalue weighted by atomic mass is 10.1. The quantitative estimate of drug-likeness (QED) is 0.0885. The van der Waals surface area contributed by atoms with Crippen LogP contribution in [0.5, 0.6) is 0 Å². The number of nitrogens with zero attached hydrogens (tertiary/aromatic N) is 6. The van der Waals surface area contributed by atoms with E-state index in [1.54, 1.807) is 30.0 Å². The smallest absolute Gasteiger partial charge is 0.354 e. The van der Waals surface area contributed by atoms with Gasteiger partial charge in [-0.1, -0.05) is 119 Å². The summed E-state index contributed by atoms with van der Waals surface area (Å²) < 4.78 is 156. The van der Waals surface area contributed by atoms with E-state index in [9.17, 15) is 52.7 Å². The van der Waals surface area contributed by atoms with Crippen LogP contribution in [-0.4, -0.2) is 112 Å². The zero-order valence-corrected chi connectivity index (χ0v) is 59.3. The van der Waals surface area contributed by atoms with E-state index in [0.717, 1.165) is 156 Å². The van der Waals surface area contributed by atoms with E-state index >= 15 is 0 Å². The normalized spacial score (nSPS) is 14.5. The van der Waals surface area contributed by atoms with Crippen molar-refractivity contribution >= 4 is 132 Å². The summed E-state index contributed by atoms with van der Waals surface area (Å²) in [6.45, 7) is 8.09. The Bertz CT molecular complexity index is 3920. The summed E-state index contributed by atoms with van der Waals surface area (Å²) in [5.74, 6) is 1.24. The van der Waals surface area contributed by atoms with Gasteiger partial charge in [0.05, 0.1) is 67.8 Å². The SMILES string of the molecule is C.CN(C)CCCN1c2ccccc2Sc2ccc(C(F)(F)F)cc21.CN1CCN(CCCN2c3ccccc3Sc3ccc(C(F)(F)F)cc32)CC1.ClCCCBr.FC(F)(F)c1ccc2c(c1)N(CCCCl)c1ccccc1S2.FC(F)(F)c1ccc2c(c1)Nc1ccccc1S2.[2HH]. The van der Waals surface area contributed by atoms with Crippen molar-refractivity contribution in [2.24, 2.45) is 0 Å². The number of anilines is 8. The Kier molecular flexibility index (Phi) is 28.2. The van der Waals surface area contributed by atoms with Crippen LogP contribution in [0.25, 0.3) is 0 Å². The number of nitrogens with one attached hydrogen (secondary N) is 1. The molecule has 13 rings (SSSR count). The molecular weight excluding hydrogens is 1470 g/mol. The maximum atomic E-state index is 13.3. The third kappa shape index (κ3) is 20.8. The van der Waals surface area contributed by atoms with Crippen LogP contribution < -0.4 is 20.0 Å². The Hall–Kier alpha value is -5.54. The Labute approximate surface area is 602 Å². The second-order valence-electron chi connectivity index (χ2n) is 23.1. The van der Waals surface area contributed by atoms with Gasteiger partial charge in [-0.05, 0) is 181 Å². The fourth-order valence-electron chi connectivity index (χ4n) is 10.9. The molecule has 0 aromatic heterocycles. The molecule has 0 unspecified atom stereocenters. The Morgan fingerprint density at radius 3 is 1.13 bits per heavy atom. The Morgan fingerprint density at radius 1 is 0.408 bits per heavy atom. The average Bonchev–Trinajstić information content (AvgIpc) is 0.786. The van der Waals surface area contributed by atoms with Gasteiger partial charge in [0.2, 0.25) is 0 Å². The van der Waals surface area contributed by atoms with E-state index in [1.165, 1.54) is 65.6 Å². The first-order valence-electron chi connectivity index (χ1n) is 31.0. The predicted octanol–water partition coefficient (Wildman–Crippen LogP) is 23.9. The molecule has 26 heteroatoms. The molecule has 1 fully saturated rings. The van der Waals surface area contributed by atoms with Crippen LogP contribution in [0.15, 0.2) is 209 Å². The average molecular weight is 1550 g/mol. The molecule has 0 amide bonds. The Morgan fingerprint density at radius 2 is 0.745 bits per heavy atom. The molecule has 0 radical (unpaired) electrons. The van der Waals surface area contributed by atoms with Crippen molar-refractivity contribution in [3.05, 3.63) is 192 Å². The number of benzene rings is 8. The monoisotopic (exact) mass is 1540 g/mol. The van der Waals surface area contributed by atoms with Crippen LogP contribution in [0.2, 0.25) is 0 Å². The molecule has 8 aromatic carbocycles. The lowest BCUT2D eigenvalue weighted by Crippen LogP contribution is -2.45. The van der Waals surface area contributed by atoms with Gasteiger partial charge in [-0.3, -0.25) is 0 Å². The summed E-state index contributed by atoms with van der Waals surface area (Å²) in [4.78, 5) is 20.5. The molecule has 1 N–H and O–H groups in total. The zero-order chi connectivity index (χ0) is 69.7. The summed E-state index contributed by atoms with van der Waals surface area (Å²) >= 11 is 20.3. The largest absolute Gasteiger partial charge is 0.416 e. The van der Waals surface area contributed by atoms with Gasteiger partial charge in [0.15, 0.2) is 0 Å².